The number of hydrogen-bond donors (Lipinski definition) is 1. The first-order valence-corrected chi connectivity index (χ1v) is 7.67. The van der Waals surface area contributed by atoms with Crippen molar-refractivity contribution < 1.29 is 5.11 Å². The molecule has 1 N–H and O–H groups in total. The Kier molecular flexibility index (Phi) is 5.34. The van der Waals surface area contributed by atoms with Crippen molar-refractivity contribution in [3.8, 4) is 0 Å². The molecule has 2 rings (SSSR count). The van der Waals surface area contributed by atoms with E-state index >= 15 is 0 Å². The molecule has 0 aromatic carbocycles. The lowest BCUT2D eigenvalue weighted by molar-refractivity contribution is 0.0126. The quantitative estimate of drug-likeness (QED) is 0.580. The van der Waals surface area contributed by atoms with Gasteiger partial charge in [0.2, 0.25) is 0 Å². The maximum Gasteiger partial charge on any atom is 0.0601 e. The zero-order chi connectivity index (χ0) is 13.1. The molecule has 2 aliphatic rings. The molecule has 2 heteroatoms. The van der Waals surface area contributed by atoms with Gasteiger partial charge in [-0.15, -0.1) is 11.6 Å². The SMILES string of the molecule is CC1(C)C2CCC1(C)C(O)C2.CCCCCCl. The van der Waals surface area contributed by atoms with Crippen LogP contribution in [0.5, 0.6) is 0 Å². The maximum atomic E-state index is 9.81. The minimum atomic E-state index is -0.0313. The molecule has 0 aromatic heterocycles. The second kappa shape index (κ2) is 5.93. The molecule has 0 aromatic rings. The van der Waals surface area contributed by atoms with E-state index in [9.17, 15) is 5.11 Å². The Morgan fingerprint density at radius 3 is 2.06 bits per heavy atom. The van der Waals surface area contributed by atoms with Crippen LogP contribution in [-0.2, 0) is 0 Å². The number of rotatable bonds is 3. The first-order chi connectivity index (χ1) is 7.90. The van der Waals surface area contributed by atoms with Crippen LogP contribution in [0.2, 0.25) is 0 Å². The highest BCUT2D eigenvalue weighted by molar-refractivity contribution is 6.17. The standard InChI is InChI=1S/C10H18O.C5H11Cl/c1-9(2)7-4-5-10(9,3)8(11)6-7;1-2-3-4-5-6/h7-8,11H,4-6H2,1-3H3;2-5H2,1H3. The third-order valence-electron chi connectivity index (χ3n) is 5.49. The van der Waals surface area contributed by atoms with Crippen LogP contribution in [0.25, 0.3) is 0 Å². The van der Waals surface area contributed by atoms with Gasteiger partial charge in [-0.2, -0.15) is 0 Å². The van der Waals surface area contributed by atoms with Crippen LogP contribution in [0.1, 0.15) is 66.2 Å². The van der Waals surface area contributed by atoms with E-state index in [1.807, 2.05) is 0 Å². The maximum absolute atomic E-state index is 9.81. The van der Waals surface area contributed by atoms with Crippen LogP contribution >= 0.6 is 11.6 Å². The largest absolute Gasteiger partial charge is 0.393 e. The molecule has 0 radical (unpaired) electrons. The molecule has 2 bridgehead atoms. The predicted octanol–water partition coefficient (Wildman–Crippen LogP) is 4.61. The Hall–Kier alpha value is 0.250. The topological polar surface area (TPSA) is 20.2 Å². The van der Waals surface area contributed by atoms with Crippen LogP contribution in [0.15, 0.2) is 0 Å². The molecule has 1 nitrogen and oxygen atoms in total. The van der Waals surface area contributed by atoms with E-state index in [1.165, 1.54) is 32.1 Å². The summed E-state index contributed by atoms with van der Waals surface area (Å²) < 4.78 is 0. The third-order valence-corrected chi connectivity index (χ3v) is 5.75. The van der Waals surface area contributed by atoms with Crippen LogP contribution in [0, 0.1) is 16.7 Å². The van der Waals surface area contributed by atoms with Gasteiger partial charge in [0, 0.05) is 5.88 Å². The average molecular weight is 261 g/mol. The second-order valence-corrected chi connectivity index (χ2v) is 6.90. The number of aliphatic hydroxyl groups excluding tert-OH is 1. The summed E-state index contributed by atoms with van der Waals surface area (Å²) in [6.45, 7) is 9.07. The molecule has 0 heterocycles. The van der Waals surface area contributed by atoms with Gasteiger partial charge in [0.05, 0.1) is 6.10 Å². The van der Waals surface area contributed by atoms with Crippen molar-refractivity contribution in [2.24, 2.45) is 16.7 Å². The second-order valence-electron chi connectivity index (χ2n) is 6.52. The predicted molar refractivity (Wildman–Crippen MR) is 75.5 cm³/mol. The van der Waals surface area contributed by atoms with Gasteiger partial charge in [-0.25, -0.2) is 0 Å². The third kappa shape index (κ3) is 2.81. The van der Waals surface area contributed by atoms with E-state index in [0.29, 0.717) is 5.41 Å². The fraction of sp³-hybridized carbons (Fsp3) is 1.00. The molecule has 2 saturated carbocycles. The van der Waals surface area contributed by atoms with Gasteiger partial charge in [0.1, 0.15) is 0 Å². The molecule has 2 aliphatic carbocycles. The van der Waals surface area contributed by atoms with E-state index in [4.69, 9.17) is 11.6 Å². The highest BCUT2D eigenvalue weighted by atomic mass is 35.5. The molecule has 0 amide bonds. The fourth-order valence-electron chi connectivity index (χ4n) is 3.51. The van der Waals surface area contributed by atoms with Gasteiger partial charge in [0.25, 0.3) is 0 Å². The highest BCUT2D eigenvalue weighted by Crippen LogP contribution is 2.65. The smallest absolute Gasteiger partial charge is 0.0601 e. The van der Waals surface area contributed by atoms with Crippen LogP contribution in [-0.4, -0.2) is 17.1 Å². The lowest BCUT2D eigenvalue weighted by Gasteiger charge is -2.36. The number of unbranched alkanes of at least 4 members (excludes halogenated alkanes) is 2. The van der Waals surface area contributed by atoms with E-state index < -0.39 is 0 Å². The summed E-state index contributed by atoms with van der Waals surface area (Å²) in [6.07, 6.45) is 7.31. The van der Waals surface area contributed by atoms with Gasteiger partial charge in [-0.3, -0.25) is 0 Å². The summed E-state index contributed by atoms with van der Waals surface area (Å²) >= 11 is 5.38. The average Bonchev–Trinajstić information content (AvgIpc) is 2.60. The lowest BCUT2D eigenvalue weighted by Crippen LogP contribution is -2.35. The summed E-state index contributed by atoms with van der Waals surface area (Å²) in [7, 11) is 0. The fourth-order valence-corrected chi connectivity index (χ4v) is 3.69. The summed E-state index contributed by atoms with van der Waals surface area (Å²) in [5.74, 6) is 1.61. The Bertz CT molecular complexity index is 235. The van der Waals surface area contributed by atoms with E-state index in [1.54, 1.807) is 0 Å². The number of fused-ring (bicyclic) bond motifs is 2. The van der Waals surface area contributed by atoms with E-state index in [-0.39, 0.29) is 11.5 Å². The van der Waals surface area contributed by atoms with Crippen molar-refractivity contribution in [3.05, 3.63) is 0 Å². The minimum Gasteiger partial charge on any atom is -0.393 e. The van der Waals surface area contributed by atoms with Gasteiger partial charge in [0.15, 0.2) is 0 Å². The molecule has 0 aliphatic heterocycles. The molecular formula is C15H29ClO. The van der Waals surface area contributed by atoms with Crippen LogP contribution < -0.4 is 0 Å². The van der Waals surface area contributed by atoms with Crippen molar-refractivity contribution >= 4 is 11.6 Å². The molecule has 2 fully saturated rings. The normalized spacial score (nSPS) is 37.8. The van der Waals surface area contributed by atoms with Gasteiger partial charge < -0.3 is 5.11 Å². The first kappa shape index (κ1) is 15.3. The highest BCUT2D eigenvalue weighted by Gasteiger charge is 2.60. The molecule has 3 atom stereocenters. The van der Waals surface area contributed by atoms with Crippen molar-refractivity contribution in [1.29, 1.82) is 0 Å². The number of hydrogen-bond acceptors (Lipinski definition) is 1. The Morgan fingerprint density at radius 1 is 1.24 bits per heavy atom. The summed E-state index contributed by atoms with van der Waals surface area (Å²) in [5, 5.41) is 9.81. The van der Waals surface area contributed by atoms with Crippen molar-refractivity contribution in [2.45, 2.75) is 72.3 Å². The lowest BCUT2D eigenvalue weighted by atomic mass is 9.70. The zero-order valence-electron chi connectivity index (χ0n) is 11.9. The summed E-state index contributed by atoms with van der Waals surface area (Å²) in [6, 6.07) is 0. The number of aliphatic hydroxyl groups is 1. The van der Waals surface area contributed by atoms with Crippen LogP contribution in [0.4, 0.5) is 0 Å². The van der Waals surface area contributed by atoms with Gasteiger partial charge >= 0.3 is 0 Å². The Labute approximate surface area is 112 Å². The molecule has 0 spiro atoms. The molecule has 17 heavy (non-hydrogen) atoms. The van der Waals surface area contributed by atoms with Crippen molar-refractivity contribution in [1.82, 2.24) is 0 Å². The monoisotopic (exact) mass is 260 g/mol. The molecule has 102 valence electrons. The van der Waals surface area contributed by atoms with Gasteiger partial charge in [-0.05, 0) is 42.4 Å². The van der Waals surface area contributed by atoms with Crippen LogP contribution in [0.3, 0.4) is 0 Å². The van der Waals surface area contributed by atoms with E-state index in [2.05, 4.69) is 27.7 Å². The first-order valence-electron chi connectivity index (χ1n) is 7.14. The molecule has 0 saturated heterocycles. The Morgan fingerprint density at radius 2 is 1.88 bits per heavy atom. The van der Waals surface area contributed by atoms with Crippen molar-refractivity contribution in [3.63, 3.8) is 0 Å². The minimum absolute atomic E-state index is 0.0313. The van der Waals surface area contributed by atoms with E-state index in [0.717, 1.165) is 18.2 Å². The molecule has 3 unspecified atom stereocenters. The summed E-state index contributed by atoms with van der Waals surface area (Å²) in [5.41, 5.74) is 0.601. The zero-order valence-corrected chi connectivity index (χ0v) is 12.7. The van der Waals surface area contributed by atoms with Crippen molar-refractivity contribution in [2.75, 3.05) is 5.88 Å². The number of halogens is 1. The summed E-state index contributed by atoms with van der Waals surface area (Å²) in [4.78, 5) is 0. The number of alkyl halides is 1. The van der Waals surface area contributed by atoms with Gasteiger partial charge in [-0.1, -0.05) is 40.5 Å². The molecular weight excluding hydrogens is 232 g/mol. The Balaban J connectivity index is 0.000000209.